The van der Waals surface area contributed by atoms with Crippen LogP contribution >= 0.6 is 0 Å². The Labute approximate surface area is 138 Å². The molecular formula is C18H26N2O3. The summed E-state index contributed by atoms with van der Waals surface area (Å²) < 4.78 is 0. The largest absolute Gasteiger partial charge is 0.393 e. The average Bonchev–Trinajstić information content (AvgIpc) is 2.49. The van der Waals surface area contributed by atoms with Gasteiger partial charge in [-0.2, -0.15) is 0 Å². The van der Waals surface area contributed by atoms with Crippen molar-refractivity contribution >= 4 is 11.8 Å². The molecule has 0 fully saturated rings. The molecule has 2 amide bonds. The lowest BCUT2D eigenvalue weighted by Gasteiger charge is -2.18. The molecule has 23 heavy (non-hydrogen) atoms. The summed E-state index contributed by atoms with van der Waals surface area (Å²) in [5, 5.41) is 12.1. The molecule has 0 radical (unpaired) electrons. The van der Waals surface area contributed by atoms with Crippen LogP contribution in [0, 0.1) is 0 Å². The molecule has 0 aromatic heterocycles. The monoisotopic (exact) mass is 318 g/mol. The van der Waals surface area contributed by atoms with E-state index in [0.29, 0.717) is 25.1 Å². The highest BCUT2D eigenvalue weighted by Crippen LogP contribution is 2.08. The summed E-state index contributed by atoms with van der Waals surface area (Å²) in [6.45, 7) is 6.38. The van der Waals surface area contributed by atoms with Crippen LogP contribution in [-0.2, 0) is 11.3 Å². The van der Waals surface area contributed by atoms with Crippen molar-refractivity contribution in [2.45, 2.75) is 39.8 Å². The zero-order chi connectivity index (χ0) is 17.4. The fourth-order valence-corrected chi connectivity index (χ4v) is 1.97. The van der Waals surface area contributed by atoms with Gasteiger partial charge in [-0.15, -0.1) is 0 Å². The Morgan fingerprint density at radius 2 is 1.87 bits per heavy atom. The molecule has 1 aromatic carbocycles. The van der Waals surface area contributed by atoms with E-state index in [0.717, 1.165) is 11.1 Å². The van der Waals surface area contributed by atoms with Crippen molar-refractivity contribution in [1.29, 1.82) is 0 Å². The molecule has 0 aliphatic carbocycles. The number of aliphatic hydroxyl groups is 1. The van der Waals surface area contributed by atoms with Gasteiger partial charge in [0, 0.05) is 31.8 Å². The van der Waals surface area contributed by atoms with Crippen molar-refractivity contribution in [3.05, 3.63) is 47.0 Å². The average molecular weight is 318 g/mol. The van der Waals surface area contributed by atoms with E-state index in [1.54, 1.807) is 37.1 Å². The summed E-state index contributed by atoms with van der Waals surface area (Å²) in [6, 6.07) is 7.17. The molecule has 0 heterocycles. The summed E-state index contributed by atoms with van der Waals surface area (Å²) >= 11 is 0. The SMILES string of the molecule is CC(C)=CC(=O)NCc1ccc(C(=O)N(C)CCC(C)O)cc1. The Morgan fingerprint density at radius 1 is 1.26 bits per heavy atom. The summed E-state index contributed by atoms with van der Waals surface area (Å²) in [6.07, 6.45) is 1.68. The lowest BCUT2D eigenvalue weighted by molar-refractivity contribution is -0.116. The van der Waals surface area contributed by atoms with Gasteiger partial charge in [-0.1, -0.05) is 17.7 Å². The van der Waals surface area contributed by atoms with Crippen LogP contribution in [0.1, 0.15) is 43.1 Å². The smallest absolute Gasteiger partial charge is 0.253 e. The van der Waals surface area contributed by atoms with E-state index in [-0.39, 0.29) is 11.8 Å². The third-order valence-electron chi connectivity index (χ3n) is 3.32. The van der Waals surface area contributed by atoms with Crippen LogP contribution in [0.2, 0.25) is 0 Å². The van der Waals surface area contributed by atoms with Crippen LogP contribution in [0.5, 0.6) is 0 Å². The third-order valence-corrected chi connectivity index (χ3v) is 3.32. The number of benzene rings is 1. The topological polar surface area (TPSA) is 69.6 Å². The quantitative estimate of drug-likeness (QED) is 0.757. The predicted molar refractivity (Wildman–Crippen MR) is 91.0 cm³/mol. The van der Waals surface area contributed by atoms with E-state index in [2.05, 4.69) is 5.32 Å². The first-order valence-corrected chi connectivity index (χ1v) is 7.74. The highest BCUT2D eigenvalue weighted by atomic mass is 16.3. The zero-order valence-electron chi connectivity index (χ0n) is 14.3. The number of amides is 2. The molecule has 5 nitrogen and oxygen atoms in total. The molecular weight excluding hydrogens is 292 g/mol. The number of aliphatic hydroxyl groups excluding tert-OH is 1. The van der Waals surface area contributed by atoms with E-state index in [9.17, 15) is 14.7 Å². The second-order valence-electron chi connectivity index (χ2n) is 6.00. The summed E-state index contributed by atoms with van der Waals surface area (Å²) in [5.41, 5.74) is 2.48. The van der Waals surface area contributed by atoms with E-state index in [4.69, 9.17) is 0 Å². The van der Waals surface area contributed by atoms with Crippen molar-refractivity contribution < 1.29 is 14.7 Å². The van der Waals surface area contributed by atoms with Crippen LogP contribution in [0.3, 0.4) is 0 Å². The second-order valence-corrected chi connectivity index (χ2v) is 6.00. The molecule has 0 spiro atoms. The fraction of sp³-hybridized carbons (Fsp3) is 0.444. The fourth-order valence-electron chi connectivity index (χ4n) is 1.97. The molecule has 1 atom stereocenters. The minimum Gasteiger partial charge on any atom is -0.393 e. The zero-order valence-corrected chi connectivity index (χ0v) is 14.3. The van der Waals surface area contributed by atoms with Gasteiger partial charge in [-0.3, -0.25) is 9.59 Å². The van der Waals surface area contributed by atoms with Gasteiger partial charge in [-0.05, 0) is 44.9 Å². The Morgan fingerprint density at radius 3 is 2.39 bits per heavy atom. The van der Waals surface area contributed by atoms with Crippen LogP contribution in [0.15, 0.2) is 35.9 Å². The van der Waals surface area contributed by atoms with Gasteiger partial charge in [0.2, 0.25) is 5.91 Å². The van der Waals surface area contributed by atoms with Gasteiger partial charge >= 0.3 is 0 Å². The highest BCUT2D eigenvalue weighted by Gasteiger charge is 2.12. The summed E-state index contributed by atoms with van der Waals surface area (Å²) in [7, 11) is 1.72. The molecule has 1 rings (SSSR count). The number of nitrogens with one attached hydrogen (secondary N) is 1. The number of rotatable bonds is 7. The minimum absolute atomic E-state index is 0.0780. The highest BCUT2D eigenvalue weighted by molar-refractivity contribution is 5.94. The van der Waals surface area contributed by atoms with E-state index < -0.39 is 6.10 Å². The van der Waals surface area contributed by atoms with Gasteiger partial charge in [0.15, 0.2) is 0 Å². The number of hydrogen-bond donors (Lipinski definition) is 2. The molecule has 5 heteroatoms. The normalized spacial score (nSPS) is 11.5. The molecule has 0 aliphatic heterocycles. The van der Waals surface area contributed by atoms with Crippen LogP contribution in [0.4, 0.5) is 0 Å². The molecule has 126 valence electrons. The minimum atomic E-state index is -0.419. The number of allylic oxidation sites excluding steroid dienone is 1. The molecule has 2 N–H and O–H groups in total. The maximum atomic E-state index is 12.2. The Bertz CT molecular complexity index is 558. The van der Waals surface area contributed by atoms with Crippen molar-refractivity contribution in [2.24, 2.45) is 0 Å². The van der Waals surface area contributed by atoms with Crippen molar-refractivity contribution in [2.75, 3.05) is 13.6 Å². The van der Waals surface area contributed by atoms with E-state index >= 15 is 0 Å². The van der Waals surface area contributed by atoms with Gasteiger partial charge in [-0.25, -0.2) is 0 Å². The Balaban J connectivity index is 2.57. The molecule has 0 saturated heterocycles. The van der Waals surface area contributed by atoms with Crippen molar-refractivity contribution in [3.8, 4) is 0 Å². The molecule has 0 bridgehead atoms. The van der Waals surface area contributed by atoms with Gasteiger partial charge in [0.05, 0.1) is 6.10 Å². The van der Waals surface area contributed by atoms with Gasteiger partial charge in [0.25, 0.3) is 5.91 Å². The van der Waals surface area contributed by atoms with Gasteiger partial charge < -0.3 is 15.3 Å². The lowest BCUT2D eigenvalue weighted by atomic mass is 10.1. The lowest BCUT2D eigenvalue weighted by Crippen LogP contribution is -2.29. The predicted octanol–water partition coefficient (Wildman–Crippen LogP) is 2.11. The first-order valence-electron chi connectivity index (χ1n) is 7.74. The van der Waals surface area contributed by atoms with E-state index in [1.807, 2.05) is 26.0 Å². The maximum absolute atomic E-state index is 12.2. The maximum Gasteiger partial charge on any atom is 0.253 e. The molecule has 1 aromatic rings. The summed E-state index contributed by atoms with van der Waals surface area (Å²) in [4.78, 5) is 25.4. The van der Waals surface area contributed by atoms with Crippen LogP contribution in [-0.4, -0.2) is 41.5 Å². The number of carbonyl (C=O) groups excluding carboxylic acids is 2. The van der Waals surface area contributed by atoms with Crippen molar-refractivity contribution in [3.63, 3.8) is 0 Å². The standard InChI is InChI=1S/C18H26N2O3/c1-13(2)11-17(22)19-12-15-5-7-16(8-6-15)18(23)20(4)10-9-14(3)21/h5-8,11,14,21H,9-10,12H2,1-4H3,(H,19,22). The molecule has 0 saturated carbocycles. The summed E-state index contributed by atoms with van der Waals surface area (Å²) in [5.74, 6) is -0.200. The van der Waals surface area contributed by atoms with Crippen LogP contribution in [0.25, 0.3) is 0 Å². The first-order chi connectivity index (χ1) is 10.8. The third kappa shape index (κ3) is 7.10. The van der Waals surface area contributed by atoms with E-state index in [1.165, 1.54) is 0 Å². The number of hydrogen-bond acceptors (Lipinski definition) is 3. The van der Waals surface area contributed by atoms with Crippen LogP contribution < -0.4 is 5.32 Å². The Hall–Kier alpha value is -2.14. The number of nitrogens with zero attached hydrogens (tertiary/aromatic N) is 1. The van der Waals surface area contributed by atoms with Crippen molar-refractivity contribution in [1.82, 2.24) is 10.2 Å². The Kier molecular flexibility index (Phi) is 7.48. The second kappa shape index (κ2) is 9.10. The van der Waals surface area contributed by atoms with Gasteiger partial charge in [0.1, 0.15) is 0 Å². The molecule has 1 unspecified atom stereocenters. The first kappa shape index (κ1) is 18.9. The molecule has 0 aliphatic rings. The number of carbonyl (C=O) groups is 2.